The quantitative estimate of drug-likeness (QED) is 0.660. The van der Waals surface area contributed by atoms with Gasteiger partial charge in [0.05, 0.1) is 0 Å². The summed E-state index contributed by atoms with van der Waals surface area (Å²) in [7, 11) is 0. The smallest absolute Gasteiger partial charge is 0.0136 e. The summed E-state index contributed by atoms with van der Waals surface area (Å²) in [5.74, 6) is 0.976. The molecular formula is C16H24N. The van der Waals surface area contributed by atoms with Crippen LogP contribution in [0.25, 0.3) is 0 Å². The Kier molecular flexibility index (Phi) is 5.57. The Morgan fingerprint density at radius 3 is 2.47 bits per heavy atom. The van der Waals surface area contributed by atoms with Crippen molar-refractivity contribution in [2.24, 2.45) is 5.92 Å². The molecule has 1 aliphatic rings. The van der Waals surface area contributed by atoms with Crippen molar-refractivity contribution in [2.75, 3.05) is 13.1 Å². The van der Waals surface area contributed by atoms with Crippen LogP contribution in [0.15, 0.2) is 30.3 Å². The zero-order valence-corrected chi connectivity index (χ0v) is 10.8. The first-order valence-corrected chi connectivity index (χ1v) is 7.12. The van der Waals surface area contributed by atoms with E-state index in [0.29, 0.717) is 0 Å². The molecule has 1 aromatic rings. The topological polar surface area (TPSA) is 14.1 Å². The first kappa shape index (κ1) is 12.6. The molecule has 0 N–H and O–H groups in total. The van der Waals surface area contributed by atoms with E-state index < -0.39 is 0 Å². The van der Waals surface area contributed by atoms with E-state index in [9.17, 15) is 0 Å². The van der Waals surface area contributed by atoms with Gasteiger partial charge in [-0.15, -0.1) is 0 Å². The van der Waals surface area contributed by atoms with Gasteiger partial charge in [-0.1, -0.05) is 49.6 Å². The van der Waals surface area contributed by atoms with Crippen LogP contribution >= 0.6 is 0 Å². The summed E-state index contributed by atoms with van der Waals surface area (Å²) in [6.07, 6.45) is 9.53. The highest BCUT2D eigenvalue weighted by atomic mass is 14.9. The molecule has 0 unspecified atom stereocenters. The highest BCUT2D eigenvalue weighted by Crippen LogP contribution is 2.20. The lowest BCUT2D eigenvalue weighted by Gasteiger charge is -2.21. The van der Waals surface area contributed by atoms with Crippen molar-refractivity contribution in [3.8, 4) is 0 Å². The molecule has 1 heteroatoms. The molecule has 1 nitrogen and oxygen atoms in total. The monoisotopic (exact) mass is 230 g/mol. The molecule has 0 bridgehead atoms. The summed E-state index contributed by atoms with van der Waals surface area (Å²) in [6.45, 7) is 2.24. The normalized spacial score (nSPS) is 17.2. The molecule has 0 aliphatic carbocycles. The summed E-state index contributed by atoms with van der Waals surface area (Å²) in [6, 6.07) is 10.9. The van der Waals surface area contributed by atoms with Crippen LogP contribution in [-0.4, -0.2) is 13.1 Å². The number of benzene rings is 1. The van der Waals surface area contributed by atoms with E-state index in [4.69, 9.17) is 0 Å². The van der Waals surface area contributed by atoms with Gasteiger partial charge in [-0.2, -0.15) is 0 Å². The van der Waals surface area contributed by atoms with Crippen molar-refractivity contribution in [1.29, 1.82) is 0 Å². The second-order valence-electron chi connectivity index (χ2n) is 5.20. The third-order valence-electron chi connectivity index (χ3n) is 3.81. The molecule has 1 aliphatic heterocycles. The Labute approximate surface area is 106 Å². The van der Waals surface area contributed by atoms with Gasteiger partial charge in [0, 0.05) is 13.1 Å². The fraction of sp³-hybridized carbons (Fsp3) is 0.625. The van der Waals surface area contributed by atoms with Gasteiger partial charge in [0.1, 0.15) is 0 Å². The Morgan fingerprint density at radius 2 is 1.71 bits per heavy atom. The predicted octanol–water partition coefficient (Wildman–Crippen LogP) is 3.80. The number of unbranched alkanes of at least 4 members (excludes halogenated alkanes) is 2. The van der Waals surface area contributed by atoms with Crippen LogP contribution in [0.3, 0.4) is 0 Å². The number of hydrogen-bond acceptors (Lipinski definition) is 0. The van der Waals surface area contributed by atoms with Crippen LogP contribution in [-0.2, 0) is 6.42 Å². The molecule has 0 spiro atoms. The van der Waals surface area contributed by atoms with E-state index in [0.717, 1.165) is 19.0 Å². The third-order valence-corrected chi connectivity index (χ3v) is 3.81. The zero-order chi connectivity index (χ0) is 11.8. The average Bonchev–Trinajstić information content (AvgIpc) is 2.41. The van der Waals surface area contributed by atoms with E-state index >= 15 is 0 Å². The molecule has 2 rings (SSSR count). The number of piperidine rings is 1. The molecule has 0 saturated carbocycles. The maximum absolute atomic E-state index is 4.41. The number of aryl methyl sites for hydroxylation is 1. The van der Waals surface area contributed by atoms with Gasteiger partial charge in [0.2, 0.25) is 0 Å². The first-order chi connectivity index (χ1) is 8.45. The standard InChI is InChI=1S/C16H24N/c1-3-7-15(8-4-1)9-5-2-6-10-16-11-13-17-14-12-16/h1,3-4,7-8,16H,2,5-6,9-14H2. The average molecular weight is 230 g/mol. The highest BCUT2D eigenvalue weighted by molar-refractivity contribution is 5.14. The maximum atomic E-state index is 4.41. The molecule has 1 fully saturated rings. The van der Waals surface area contributed by atoms with Crippen molar-refractivity contribution >= 4 is 0 Å². The summed E-state index contributed by atoms with van der Waals surface area (Å²) in [5, 5.41) is 4.41. The molecule has 93 valence electrons. The number of hydrogen-bond donors (Lipinski definition) is 0. The Balaban J connectivity index is 1.51. The molecule has 1 radical (unpaired) electrons. The Bertz CT molecular complexity index is 288. The van der Waals surface area contributed by atoms with E-state index in [-0.39, 0.29) is 0 Å². The van der Waals surface area contributed by atoms with Crippen LogP contribution in [0, 0.1) is 5.92 Å². The molecular weight excluding hydrogens is 206 g/mol. The summed E-state index contributed by atoms with van der Waals surface area (Å²) >= 11 is 0. The highest BCUT2D eigenvalue weighted by Gasteiger charge is 2.12. The van der Waals surface area contributed by atoms with Gasteiger partial charge in [0.15, 0.2) is 0 Å². The molecule has 1 saturated heterocycles. The molecule has 0 amide bonds. The van der Waals surface area contributed by atoms with Crippen LogP contribution < -0.4 is 5.32 Å². The lowest BCUT2D eigenvalue weighted by atomic mass is 9.92. The largest absolute Gasteiger partial charge is 0.242 e. The van der Waals surface area contributed by atoms with E-state index in [1.54, 1.807) is 0 Å². The van der Waals surface area contributed by atoms with E-state index in [2.05, 4.69) is 35.6 Å². The molecule has 1 heterocycles. The fourth-order valence-electron chi connectivity index (χ4n) is 2.68. The fourth-order valence-corrected chi connectivity index (χ4v) is 2.68. The van der Waals surface area contributed by atoms with Gasteiger partial charge in [-0.3, -0.25) is 0 Å². The van der Waals surface area contributed by atoms with Crippen molar-refractivity contribution in [3.05, 3.63) is 35.9 Å². The number of nitrogens with zero attached hydrogens (tertiary/aromatic N) is 1. The SMILES string of the molecule is c1ccc(CCCCCC2CC[N]CC2)cc1. The van der Waals surface area contributed by atoms with E-state index in [1.807, 2.05) is 0 Å². The second kappa shape index (κ2) is 7.50. The summed E-state index contributed by atoms with van der Waals surface area (Å²) in [5.41, 5.74) is 1.49. The van der Waals surface area contributed by atoms with E-state index in [1.165, 1.54) is 50.5 Å². The summed E-state index contributed by atoms with van der Waals surface area (Å²) in [4.78, 5) is 0. The predicted molar refractivity (Wildman–Crippen MR) is 73.2 cm³/mol. The van der Waals surface area contributed by atoms with Gasteiger partial charge in [-0.25, -0.2) is 5.32 Å². The van der Waals surface area contributed by atoms with Crippen molar-refractivity contribution < 1.29 is 0 Å². The van der Waals surface area contributed by atoms with Gasteiger partial charge in [0.25, 0.3) is 0 Å². The summed E-state index contributed by atoms with van der Waals surface area (Å²) < 4.78 is 0. The minimum absolute atomic E-state index is 0.976. The third kappa shape index (κ3) is 4.91. The van der Waals surface area contributed by atoms with Gasteiger partial charge in [-0.05, 0) is 37.2 Å². The molecule has 0 aromatic heterocycles. The van der Waals surface area contributed by atoms with Crippen LogP contribution in [0.4, 0.5) is 0 Å². The van der Waals surface area contributed by atoms with Crippen molar-refractivity contribution in [3.63, 3.8) is 0 Å². The van der Waals surface area contributed by atoms with Crippen LogP contribution in [0.2, 0.25) is 0 Å². The molecule has 0 atom stereocenters. The van der Waals surface area contributed by atoms with Crippen LogP contribution in [0.1, 0.15) is 44.1 Å². The van der Waals surface area contributed by atoms with Gasteiger partial charge < -0.3 is 0 Å². The van der Waals surface area contributed by atoms with Crippen molar-refractivity contribution in [1.82, 2.24) is 5.32 Å². The van der Waals surface area contributed by atoms with Crippen LogP contribution in [0.5, 0.6) is 0 Å². The first-order valence-electron chi connectivity index (χ1n) is 7.12. The van der Waals surface area contributed by atoms with Gasteiger partial charge >= 0.3 is 0 Å². The lowest BCUT2D eigenvalue weighted by molar-refractivity contribution is 0.339. The molecule has 17 heavy (non-hydrogen) atoms. The zero-order valence-electron chi connectivity index (χ0n) is 10.8. The minimum Gasteiger partial charge on any atom is -0.242 e. The van der Waals surface area contributed by atoms with Crippen molar-refractivity contribution in [2.45, 2.75) is 44.9 Å². The minimum atomic E-state index is 0.976. The Hall–Kier alpha value is -0.820. The number of rotatable bonds is 6. The Morgan fingerprint density at radius 1 is 0.941 bits per heavy atom. The second-order valence-corrected chi connectivity index (χ2v) is 5.20. The maximum Gasteiger partial charge on any atom is 0.0136 e. The lowest BCUT2D eigenvalue weighted by Crippen LogP contribution is -2.22. The molecule has 1 aromatic carbocycles.